The molecule has 0 unspecified atom stereocenters. The van der Waals surface area contributed by atoms with Gasteiger partial charge in [-0.3, -0.25) is 24.0 Å². The van der Waals surface area contributed by atoms with Crippen LogP contribution < -0.4 is 9.62 Å². The molecule has 43 heavy (non-hydrogen) atoms. The Hall–Kier alpha value is -3.96. The summed E-state index contributed by atoms with van der Waals surface area (Å²) in [5.74, 6) is -0.954. The molecule has 4 rings (SSSR count). The van der Waals surface area contributed by atoms with E-state index in [0.29, 0.717) is 16.1 Å². The van der Waals surface area contributed by atoms with Crippen molar-refractivity contribution in [3.05, 3.63) is 105 Å². The van der Waals surface area contributed by atoms with E-state index in [1.165, 1.54) is 17.0 Å². The van der Waals surface area contributed by atoms with Crippen LogP contribution in [-0.4, -0.2) is 54.9 Å². The number of halogens is 1. The number of sulfonamides is 1. The van der Waals surface area contributed by atoms with Crippen molar-refractivity contribution in [2.45, 2.75) is 57.7 Å². The lowest BCUT2D eigenvalue weighted by molar-refractivity contribution is -0.384. The average Bonchev–Trinajstić information content (AvgIpc) is 3.48. The molecule has 3 aromatic carbocycles. The highest BCUT2D eigenvalue weighted by Crippen LogP contribution is 2.28. The van der Waals surface area contributed by atoms with Gasteiger partial charge < -0.3 is 10.2 Å². The summed E-state index contributed by atoms with van der Waals surface area (Å²) in [5.41, 5.74) is 1.68. The number of hydrogen-bond acceptors (Lipinski definition) is 6. The van der Waals surface area contributed by atoms with Gasteiger partial charge in [0.2, 0.25) is 21.8 Å². The summed E-state index contributed by atoms with van der Waals surface area (Å²) in [6.07, 6.45) is 4.86. The largest absolute Gasteiger partial charge is 0.352 e. The fourth-order valence-corrected chi connectivity index (χ4v) is 6.31. The molecular weight excluding hydrogens is 592 g/mol. The number of nitrogens with one attached hydrogen (secondary N) is 1. The summed E-state index contributed by atoms with van der Waals surface area (Å²) in [6, 6.07) is 19.0. The van der Waals surface area contributed by atoms with Gasteiger partial charge in [-0.2, -0.15) is 0 Å². The molecule has 2 amide bonds. The molecule has 0 bridgehead atoms. The van der Waals surface area contributed by atoms with E-state index in [1.54, 1.807) is 31.2 Å². The summed E-state index contributed by atoms with van der Waals surface area (Å²) in [7, 11) is -4.07. The fraction of sp³-hybridized carbons (Fsp3) is 0.355. The van der Waals surface area contributed by atoms with Gasteiger partial charge in [-0.15, -0.1) is 0 Å². The summed E-state index contributed by atoms with van der Waals surface area (Å²) in [4.78, 5) is 40.4. The van der Waals surface area contributed by atoms with Crippen LogP contribution in [0.3, 0.4) is 0 Å². The first kappa shape index (κ1) is 32.0. The van der Waals surface area contributed by atoms with E-state index in [4.69, 9.17) is 11.6 Å². The summed E-state index contributed by atoms with van der Waals surface area (Å²) < 4.78 is 26.9. The van der Waals surface area contributed by atoms with Gasteiger partial charge in [-0.1, -0.05) is 73.0 Å². The highest BCUT2D eigenvalue weighted by atomic mass is 35.5. The number of rotatable bonds is 12. The van der Waals surface area contributed by atoms with Crippen LogP contribution in [0, 0.1) is 17.0 Å². The average molecular weight is 627 g/mol. The number of nitro groups is 1. The van der Waals surface area contributed by atoms with E-state index in [-0.39, 0.29) is 36.3 Å². The number of carbonyl (C=O) groups excluding carboxylic acids is 2. The van der Waals surface area contributed by atoms with Gasteiger partial charge in [0.25, 0.3) is 5.69 Å². The molecule has 1 aliphatic carbocycles. The maximum atomic E-state index is 14.2. The second kappa shape index (κ2) is 14.0. The Morgan fingerprint density at radius 2 is 1.67 bits per heavy atom. The number of aryl methyl sites for hydroxylation is 1. The van der Waals surface area contributed by atoms with Crippen molar-refractivity contribution in [3.63, 3.8) is 0 Å². The van der Waals surface area contributed by atoms with E-state index in [9.17, 15) is 28.1 Å². The van der Waals surface area contributed by atoms with Gasteiger partial charge in [0, 0.05) is 36.2 Å². The van der Waals surface area contributed by atoms with E-state index in [2.05, 4.69) is 5.32 Å². The van der Waals surface area contributed by atoms with Crippen LogP contribution in [0.1, 0.15) is 42.4 Å². The van der Waals surface area contributed by atoms with Crippen molar-refractivity contribution >= 4 is 44.8 Å². The fourth-order valence-electron chi connectivity index (χ4n) is 5.28. The molecule has 228 valence electrons. The van der Waals surface area contributed by atoms with Crippen LogP contribution in [0.15, 0.2) is 72.8 Å². The monoisotopic (exact) mass is 626 g/mol. The highest BCUT2D eigenvalue weighted by molar-refractivity contribution is 7.92. The summed E-state index contributed by atoms with van der Waals surface area (Å²) in [6.45, 7) is 0.966. The molecule has 12 heteroatoms. The number of nitro benzene ring substituents is 1. The molecule has 1 fully saturated rings. The third-order valence-electron chi connectivity index (χ3n) is 7.59. The number of benzene rings is 3. The number of non-ortho nitro benzene ring substituents is 1. The Balaban J connectivity index is 1.76. The van der Waals surface area contributed by atoms with Crippen molar-refractivity contribution in [1.82, 2.24) is 10.2 Å². The molecule has 1 aliphatic rings. The van der Waals surface area contributed by atoms with Gasteiger partial charge >= 0.3 is 0 Å². The molecule has 0 aliphatic heterocycles. The smallest absolute Gasteiger partial charge is 0.271 e. The molecule has 0 heterocycles. The van der Waals surface area contributed by atoms with Gasteiger partial charge in [0.05, 0.1) is 16.9 Å². The van der Waals surface area contributed by atoms with Crippen LogP contribution >= 0.6 is 11.6 Å². The van der Waals surface area contributed by atoms with Gasteiger partial charge in [-0.05, 0) is 48.6 Å². The van der Waals surface area contributed by atoms with E-state index >= 15 is 0 Å². The molecule has 1 N–H and O–H groups in total. The van der Waals surface area contributed by atoms with Crippen molar-refractivity contribution in [2.75, 3.05) is 17.1 Å². The van der Waals surface area contributed by atoms with E-state index in [1.807, 2.05) is 30.3 Å². The van der Waals surface area contributed by atoms with Crippen LogP contribution in [0.2, 0.25) is 5.02 Å². The van der Waals surface area contributed by atoms with Crippen molar-refractivity contribution in [2.24, 2.45) is 0 Å². The Morgan fingerprint density at radius 3 is 2.28 bits per heavy atom. The predicted octanol–water partition coefficient (Wildman–Crippen LogP) is 5.02. The normalized spacial score (nSPS) is 14.2. The van der Waals surface area contributed by atoms with Gasteiger partial charge in [0.15, 0.2) is 0 Å². The minimum Gasteiger partial charge on any atom is -0.352 e. The second-order valence-corrected chi connectivity index (χ2v) is 13.2. The zero-order valence-electron chi connectivity index (χ0n) is 24.1. The second-order valence-electron chi connectivity index (χ2n) is 10.8. The predicted molar refractivity (Wildman–Crippen MR) is 166 cm³/mol. The molecule has 0 aromatic heterocycles. The van der Waals surface area contributed by atoms with Crippen molar-refractivity contribution in [3.8, 4) is 0 Å². The Bertz CT molecular complexity index is 1560. The standard InChI is InChI=1S/C31H35ClN4O6S/c1-22-12-17-27(36(39)40)19-28(22)35(43(2,41)42)21-30(37)34(20-24-13-15-25(32)16-14-24)29(18-23-8-4-3-5-9-23)31(38)33-26-10-6-7-11-26/h3-5,8-9,12-17,19,26,29H,6-7,10-11,18,20-21H2,1-2H3,(H,33,38)/t29-/m0/s1. The molecule has 0 spiro atoms. The molecular formula is C31H35ClN4O6S. The Labute approximate surface area is 256 Å². The highest BCUT2D eigenvalue weighted by Gasteiger charge is 2.34. The van der Waals surface area contributed by atoms with Gasteiger partial charge in [0.1, 0.15) is 12.6 Å². The van der Waals surface area contributed by atoms with Crippen LogP contribution in [0.5, 0.6) is 0 Å². The SMILES string of the molecule is Cc1ccc([N+](=O)[O-])cc1N(CC(=O)N(Cc1ccc(Cl)cc1)[C@@H](Cc1ccccc1)C(=O)NC1CCCC1)S(C)(=O)=O. The molecule has 3 aromatic rings. The lowest BCUT2D eigenvalue weighted by Crippen LogP contribution is -2.54. The minimum absolute atomic E-state index is 0.00158. The minimum atomic E-state index is -4.07. The molecule has 10 nitrogen and oxygen atoms in total. The first-order chi connectivity index (χ1) is 20.4. The number of nitrogens with zero attached hydrogens (tertiary/aromatic N) is 3. The molecule has 1 saturated carbocycles. The summed E-state index contributed by atoms with van der Waals surface area (Å²) in [5, 5.41) is 15.1. The molecule has 0 radical (unpaired) electrons. The number of hydrogen-bond donors (Lipinski definition) is 1. The summed E-state index contributed by atoms with van der Waals surface area (Å²) >= 11 is 6.10. The topological polar surface area (TPSA) is 130 Å². The lowest BCUT2D eigenvalue weighted by atomic mass is 10.0. The maximum absolute atomic E-state index is 14.2. The zero-order chi connectivity index (χ0) is 31.1. The number of amides is 2. The number of anilines is 1. The third-order valence-corrected chi connectivity index (χ3v) is 8.97. The lowest BCUT2D eigenvalue weighted by Gasteiger charge is -2.34. The van der Waals surface area contributed by atoms with Crippen molar-refractivity contribution in [1.29, 1.82) is 0 Å². The quantitative estimate of drug-likeness (QED) is 0.222. The van der Waals surface area contributed by atoms with Gasteiger partial charge in [-0.25, -0.2) is 8.42 Å². The van der Waals surface area contributed by atoms with Crippen molar-refractivity contribution < 1.29 is 22.9 Å². The third kappa shape index (κ3) is 8.55. The Kier molecular flexibility index (Phi) is 10.4. The zero-order valence-corrected chi connectivity index (χ0v) is 25.7. The molecule has 0 saturated heterocycles. The van der Waals surface area contributed by atoms with Crippen LogP contribution in [0.4, 0.5) is 11.4 Å². The molecule has 1 atom stereocenters. The van der Waals surface area contributed by atoms with E-state index in [0.717, 1.165) is 47.9 Å². The number of carbonyl (C=O) groups is 2. The first-order valence-corrected chi connectivity index (χ1v) is 16.3. The first-order valence-electron chi connectivity index (χ1n) is 14.0. The van der Waals surface area contributed by atoms with Crippen LogP contribution in [0.25, 0.3) is 0 Å². The Morgan fingerprint density at radius 1 is 1.02 bits per heavy atom. The van der Waals surface area contributed by atoms with E-state index < -0.39 is 33.4 Å². The maximum Gasteiger partial charge on any atom is 0.271 e. The van der Waals surface area contributed by atoms with Crippen LogP contribution in [-0.2, 0) is 32.6 Å².